The van der Waals surface area contributed by atoms with Crippen molar-refractivity contribution in [2.75, 3.05) is 34.0 Å². The molecule has 4 nitrogen and oxygen atoms in total. The predicted octanol–water partition coefficient (Wildman–Crippen LogP) is 1.24. The SMILES string of the molecule is CO[Si](CNCCc1ccccc1)(OC)OC. The van der Waals surface area contributed by atoms with Crippen molar-refractivity contribution < 1.29 is 13.3 Å². The molecule has 0 heterocycles. The summed E-state index contributed by atoms with van der Waals surface area (Å²) in [5.74, 6) is 0. The molecule has 1 aromatic rings. The van der Waals surface area contributed by atoms with Gasteiger partial charge in [-0.25, -0.2) is 0 Å². The maximum atomic E-state index is 5.32. The van der Waals surface area contributed by atoms with Crippen LogP contribution in [0.5, 0.6) is 0 Å². The van der Waals surface area contributed by atoms with Crippen LogP contribution in [-0.2, 0) is 19.7 Å². The fraction of sp³-hybridized carbons (Fsp3) is 0.500. The normalized spacial score (nSPS) is 11.7. The van der Waals surface area contributed by atoms with Crippen molar-refractivity contribution in [1.29, 1.82) is 0 Å². The van der Waals surface area contributed by atoms with E-state index in [4.69, 9.17) is 13.3 Å². The van der Waals surface area contributed by atoms with E-state index in [-0.39, 0.29) is 0 Å². The van der Waals surface area contributed by atoms with Crippen molar-refractivity contribution in [3.8, 4) is 0 Å². The molecule has 0 aliphatic heterocycles. The third-order valence-corrected chi connectivity index (χ3v) is 5.26. The van der Waals surface area contributed by atoms with Crippen LogP contribution in [-0.4, -0.2) is 42.8 Å². The minimum atomic E-state index is -2.47. The van der Waals surface area contributed by atoms with Gasteiger partial charge in [0.2, 0.25) is 0 Å². The number of rotatable bonds is 8. The fourth-order valence-corrected chi connectivity index (χ4v) is 3.00. The molecular weight excluding hydrogens is 234 g/mol. The van der Waals surface area contributed by atoms with Crippen molar-refractivity contribution in [3.05, 3.63) is 35.9 Å². The Morgan fingerprint density at radius 3 is 2.12 bits per heavy atom. The Labute approximate surface area is 104 Å². The number of benzene rings is 1. The van der Waals surface area contributed by atoms with Crippen molar-refractivity contribution in [3.63, 3.8) is 0 Å². The van der Waals surface area contributed by atoms with Crippen LogP contribution in [0.2, 0.25) is 0 Å². The Bertz CT molecular complexity index is 296. The second-order valence-electron chi connectivity index (χ2n) is 3.71. The number of nitrogens with one attached hydrogen (secondary N) is 1. The highest BCUT2D eigenvalue weighted by Crippen LogP contribution is 2.04. The second-order valence-corrected chi connectivity index (χ2v) is 6.65. The summed E-state index contributed by atoms with van der Waals surface area (Å²) >= 11 is 0. The summed E-state index contributed by atoms with van der Waals surface area (Å²) in [6, 6.07) is 10.4. The molecule has 0 atom stereocenters. The van der Waals surface area contributed by atoms with Gasteiger partial charge >= 0.3 is 8.80 Å². The zero-order valence-corrected chi connectivity index (χ0v) is 11.7. The maximum Gasteiger partial charge on any atom is 0.514 e. The molecule has 0 aliphatic rings. The molecule has 0 saturated carbocycles. The molecule has 1 N–H and O–H groups in total. The average molecular weight is 255 g/mol. The highest BCUT2D eigenvalue weighted by Gasteiger charge is 2.37. The highest BCUT2D eigenvalue weighted by molar-refractivity contribution is 6.60. The smallest absolute Gasteiger partial charge is 0.376 e. The number of hydrogen-bond acceptors (Lipinski definition) is 4. The average Bonchev–Trinajstić information content (AvgIpc) is 2.41. The van der Waals surface area contributed by atoms with E-state index >= 15 is 0 Å². The third kappa shape index (κ3) is 4.57. The van der Waals surface area contributed by atoms with Crippen LogP contribution >= 0.6 is 0 Å². The highest BCUT2D eigenvalue weighted by atomic mass is 28.4. The predicted molar refractivity (Wildman–Crippen MR) is 69.8 cm³/mol. The van der Waals surface area contributed by atoms with E-state index in [9.17, 15) is 0 Å². The van der Waals surface area contributed by atoms with E-state index in [2.05, 4.69) is 17.4 Å². The topological polar surface area (TPSA) is 39.7 Å². The molecule has 1 aromatic carbocycles. The molecule has 0 unspecified atom stereocenters. The van der Waals surface area contributed by atoms with E-state index in [0.717, 1.165) is 13.0 Å². The van der Waals surface area contributed by atoms with Gasteiger partial charge in [0.05, 0.1) is 6.17 Å². The summed E-state index contributed by atoms with van der Waals surface area (Å²) in [6.07, 6.45) is 1.62. The van der Waals surface area contributed by atoms with Gasteiger partial charge in [-0.2, -0.15) is 0 Å². The first-order chi connectivity index (χ1) is 8.26. The van der Waals surface area contributed by atoms with Crippen molar-refractivity contribution in [2.24, 2.45) is 0 Å². The Hall–Kier alpha value is -0.723. The summed E-state index contributed by atoms with van der Waals surface area (Å²) in [4.78, 5) is 0. The second kappa shape index (κ2) is 7.57. The lowest BCUT2D eigenvalue weighted by Gasteiger charge is -2.24. The first-order valence-corrected chi connectivity index (χ1v) is 7.59. The van der Waals surface area contributed by atoms with Gasteiger partial charge in [-0.15, -0.1) is 0 Å². The van der Waals surface area contributed by atoms with Gasteiger partial charge in [0, 0.05) is 21.3 Å². The van der Waals surface area contributed by atoms with Crippen LogP contribution in [0.1, 0.15) is 5.56 Å². The molecule has 0 aliphatic carbocycles. The summed E-state index contributed by atoms with van der Waals surface area (Å²) in [6.45, 7) is 0.884. The lowest BCUT2D eigenvalue weighted by molar-refractivity contribution is 0.122. The van der Waals surface area contributed by atoms with Gasteiger partial charge in [-0.3, -0.25) is 0 Å². The van der Waals surface area contributed by atoms with Crippen LogP contribution in [0.25, 0.3) is 0 Å². The quantitative estimate of drug-likeness (QED) is 0.560. The molecule has 17 heavy (non-hydrogen) atoms. The maximum absolute atomic E-state index is 5.32. The van der Waals surface area contributed by atoms with E-state index < -0.39 is 8.80 Å². The van der Waals surface area contributed by atoms with Crippen LogP contribution < -0.4 is 5.32 Å². The lowest BCUT2D eigenvalue weighted by Crippen LogP contribution is -2.52. The molecule has 0 saturated heterocycles. The van der Waals surface area contributed by atoms with Crippen molar-refractivity contribution in [1.82, 2.24) is 5.32 Å². The minimum Gasteiger partial charge on any atom is -0.376 e. The number of hydrogen-bond donors (Lipinski definition) is 1. The van der Waals surface area contributed by atoms with E-state index in [0.29, 0.717) is 6.17 Å². The van der Waals surface area contributed by atoms with E-state index in [1.807, 2.05) is 18.2 Å². The summed E-state index contributed by atoms with van der Waals surface area (Å²) < 4.78 is 16.0. The largest absolute Gasteiger partial charge is 0.514 e. The monoisotopic (exact) mass is 255 g/mol. The Morgan fingerprint density at radius 2 is 1.59 bits per heavy atom. The van der Waals surface area contributed by atoms with Crippen LogP contribution in [0.3, 0.4) is 0 Å². The van der Waals surface area contributed by atoms with E-state index in [1.54, 1.807) is 21.3 Å². The lowest BCUT2D eigenvalue weighted by atomic mass is 10.2. The molecule has 96 valence electrons. The first kappa shape index (κ1) is 14.3. The van der Waals surface area contributed by atoms with Crippen LogP contribution in [0, 0.1) is 0 Å². The van der Waals surface area contributed by atoms with Crippen molar-refractivity contribution >= 4 is 8.80 Å². The van der Waals surface area contributed by atoms with Gasteiger partial charge in [0.15, 0.2) is 0 Å². The van der Waals surface area contributed by atoms with Crippen LogP contribution in [0.4, 0.5) is 0 Å². The third-order valence-electron chi connectivity index (χ3n) is 2.71. The van der Waals surface area contributed by atoms with Gasteiger partial charge in [-0.1, -0.05) is 30.3 Å². The minimum absolute atomic E-state index is 0.628. The fourth-order valence-electron chi connectivity index (χ4n) is 1.59. The van der Waals surface area contributed by atoms with Gasteiger partial charge in [0.25, 0.3) is 0 Å². The van der Waals surface area contributed by atoms with Crippen LogP contribution in [0.15, 0.2) is 30.3 Å². The Morgan fingerprint density at radius 1 is 1.00 bits per heavy atom. The van der Waals surface area contributed by atoms with Gasteiger partial charge < -0.3 is 18.6 Å². The van der Waals surface area contributed by atoms with Gasteiger partial charge in [-0.05, 0) is 18.5 Å². The zero-order chi connectivity index (χ0) is 12.6. The molecule has 1 rings (SSSR count). The summed E-state index contributed by atoms with van der Waals surface area (Å²) in [7, 11) is 2.40. The Kier molecular flexibility index (Phi) is 6.39. The standard InChI is InChI=1S/C12H21NO3Si/c1-14-17(15-2,16-3)11-13-10-9-12-7-5-4-6-8-12/h4-8,13H,9-11H2,1-3H3. The molecule has 0 amide bonds. The molecule has 0 bridgehead atoms. The molecule has 5 heteroatoms. The first-order valence-electron chi connectivity index (χ1n) is 5.66. The summed E-state index contributed by atoms with van der Waals surface area (Å²) in [5.41, 5.74) is 1.32. The van der Waals surface area contributed by atoms with Gasteiger partial charge in [0.1, 0.15) is 0 Å². The van der Waals surface area contributed by atoms with Crippen molar-refractivity contribution in [2.45, 2.75) is 6.42 Å². The summed E-state index contributed by atoms with van der Waals surface area (Å²) in [5, 5.41) is 3.31. The molecular formula is C12H21NO3Si. The zero-order valence-electron chi connectivity index (χ0n) is 10.7. The van der Waals surface area contributed by atoms with E-state index in [1.165, 1.54) is 5.56 Å². The Balaban J connectivity index is 2.28. The molecule has 0 spiro atoms. The molecule has 0 aromatic heterocycles. The molecule has 0 fully saturated rings. The molecule has 0 radical (unpaired) electrons.